The molecule has 2 fully saturated rings. The molecule has 3 rings (SSSR count). The van der Waals surface area contributed by atoms with Gasteiger partial charge < -0.3 is 0 Å². The van der Waals surface area contributed by atoms with Gasteiger partial charge in [-0.15, -0.1) is 0 Å². The zero-order valence-corrected chi connectivity index (χ0v) is 12.5. The zero-order chi connectivity index (χ0) is 14.1. The van der Waals surface area contributed by atoms with Gasteiger partial charge >= 0.3 is 0 Å². The van der Waals surface area contributed by atoms with E-state index in [0.717, 1.165) is 18.4 Å². The summed E-state index contributed by atoms with van der Waals surface area (Å²) in [5.41, 5.74) is 4.58. The van der Waals surface area contributed by atoms with Gasteiger partial charge in [-0.3, -0.25) is 5.43 Å². The second-order valence-corrected chi connectivity index (χ2v) is 6.55. The van der Waals surface area contributed by atoms with Crippen LogP contribution in [0.4, 0.5) is 4.39 Å². The number of hydrazine groups is 1. The molecule has 1 aliphatic carbocycles. The van der Waals surface area contributed by atoms with E-state index in [0.29, 0.717) is 24.0 Å². The maximum absolute atomic E-state index is 13.7. The minimum Gasteiger partial charge on any atom is -0.252 e. The van der Waals surface area contributed by atoms with Crippen molar-refractivity contribution in [2.45, 2.75) is 70.0 Å². The van der Waals surface area contributed by atoms with Gasteiger partial charge in [-0.25, -0.2) is 9.40 Å². The summed E-state index contributed by atoms with van der Waals surface area (Å²) in [6.45, 7) is 4.60. The zero-order valence-electron chi connectivity index (χ0n) is 12.5. The fourth-order valence-electron chi connectivity index (χ4n) is 3.67. The lowest BCUT2D eigenvalue weighted by Crippen LogP contribution is -2.58. The van der Waals surface area contributed by atoms with Crippen molar-refractivity contribution in [3.8, 4) is 0 Å². The molecule has 3 heteroatoms. The summed E-state index contributed by atoms with van der Waals surface area (Å²) in [6, 6.07) is 8.96. The van der Waals surface area contributed by atoms with E-state index in [2.05, 4.69) is 24.3 Å². The molecule has 1 saturated heterocycles. The van der Waals surface area contributed by atoms with Crippen LogP contribution in [0.3, 0.4) is 0 Å². The molecule has 0 radical (unpaired) electrons. The smallest absolute Gasteiger partial charge is 0.126 e. The Morgan fingerprint density at radius 1 is 1.10 bits per heavy atom. The maximum Gasteiger partial charge on any atom is 0.126 e. The normalized spacial score (nSPS) is 34.8. The maximum atomic E-state index is 13.7. The van der Waals surface area contributed by atoms with Crippen LogP contribution in [0.25, 0.3) is 0 Å². The van der Waals surface area contributed by atoms with E-state index in [1.165, 1.54) is 19.3 Å². The molecular formula is C17H25FN2. The van der Waals surface area contributed by atoms with Gasteiger partial charge in [0.2, 0.25) is 0 Å². The minimum atomic E-state index is -0.0457. The molecule has 1 aromatic carbocycles. The summed E-state index contributed by atoms with van der Waals surface area (Å²) in [6.07, 6.45) is 6.00. The van der Waals surface area contributed by atoms with Crippen molar-refractivity contribution < 1.29 is 4.39 Å². The van der Waals surface area contributed by atoms with Crippen LogP contribution in [0, 0.1) is 5.82 Å². The van der Waals surface area contributed by atoms with Crippen LogP contribution >= 0.6 is 0 Å². The van der Waals surface area contributed by atoms with Gasteiger partial charge in [-0.1, -0.05) is 24.6 Å². The lowest BCUT2D eigenvalue weighted by Gasteiger charge is -2.46. The molecule has 0 amide bonds. The Hall–Kier alpha value is -0.930. The molecule has 110 valence electrons. The Morgan fingerprint density at radius 2 is 1.75 bits per heavy atom. The van der Waals surface area contributed by atoms with Gasteiger partial charge in [0.05, 0.1) is 0 Å². The van der Waals surface area contributed by atoms with E-state index >= 15 is 0 Å². The molecular weight excluding hydrogens is 251 g/mol. The summed E-state index contributed by atoms with van der Waals surface area (Å²) in [5.74, 6) is 0.347. The number of hydrogen-bond acceptors (Lipinski definition) is 2. The van der Waals surface area contributed by atoms with Crippen LogP contribution in [0.2, 0.25) is 0 Å². The molecule has 2 nitrogen and oxygen atoms in total. The Labute approximate surface area is 121 Å². The van der Waals surface area contributed by atoms with Crippen molar-refractivity contribution in [1.82, 2.24) is 10.4 Å². The third-order valence-electron chi connectivity index (χ3n) is 5.01. The van der Waals surface area contributed by atoms with Crippen LogP contribution in [-0.4, -0.2) is 23.1 Å². The van der Waals surface area contributed by atoms with Crippen molar-refractivity contribution >= 4 is 0 Å². The largest absolute Gasteiger partial charge is 0.252 e. The van der Waals surface area contributed by atoms with Gasteiger partial charge in [0.1, 0.15) is 5.82 Å². The Morgan fingerprint density at radius 3 is 2.40 bits per heavy atom. The first kappa shape index (κ1) is 14.0. The SMILES string of the molecule is CC1CCCC(C)N1NC1CC(c2ccccc2F)C1. The highest BCUT2D eigenvalue weighted by Crippen LogP contribution is 2.38. The van der Waals surface area contributed by atoms with Crippen molar-refractivity contribution in [3.63, 3.8) is 0 Å². The van der Waals surface area contributed by atoms with E-state index in [4.69, 9.17) is 0 Å². The highest BCUT2D eigenvalue weighted by Gasteiger charge is 2.35. The van der Waals surface area contributed by atoms with E-state index in [1.807, 2.05) is 12.1 Å². The molecule has 0 spiro atoms. The number of piperidine rings is 1. The highest BCUT2D eigenvalue weighted by atomic mass is 19.1. The molecule has 1 saturated carbocycles. The molecule has 0 bridgehead atoms. The average Bonchev–Trinajstić information content (AvgIpc) is 2.37. The molecule has 2 aliphatic rings. The lowest BCUT2D eigenvalue weighted by atomic mass is 9.76. The first-order chi connectivity index (χ1) is 9.65. The predicted octanol–water partition coefficient (Wildman–Crippen LogP) is 3.84. The molecule has 1 aliphatic heterocycles. The Balaban J connectivity index is 1.54. The molecule has 2 unspecified atom stereocenters. The predicted molar refractivity (Wildman–Crippen MR) is 79.9 cm³/mol. The standard InChI is InChI=1S/C17H25FN2/c1-12-6-5-7-13(2)20(12)19-15-10-14(11-15)16-8-3-4-9-17(16)18/h3-4,8-9,12-15,19H,5-7,10-11H2,1-2H3. The molecule has 1 N–H and O–H groups in total. The fourth-order valence-corrected chi connectivity index (χ4v) is 3.67. The minimum absolute atomic E-state index is 0.0457. The van der Waals surface area contributed by atoms with E-state index in [-0.39, 0.29) is 5.82 Å². The monoisotopic (exact) mass is 276 g/mol. The highest BCUT2D eigenvalue weighted by molar-refractivity contribution is 5.24. The molecule has 1 heterocycles. The van der Waals surface area contributed by atoms with E-state index < -0.39 is 0 Å². The van der Waals surface area contributed by atoms with Crippen molar-refractivity contribution in [1.29, 1.82) is 0 Å². The Bertz CT molecular complexity index is 446. The van der Waals surface area contributed by atoms with E-state index in [1.54, 1.807) is 12.1 Å². The average molecular weight is 276 g/mol. The Kier molecular flexibility index (Phi) is 4.08. The van der Waals surface area contributed by atoms with Crippen LogP contribution in [0.15, 0.2) is 24.3 Å². The summed E-state index contributed by atoms with van der Waals surface area (Å²) < 4.78 is 13.7. The summed E-state index contributed by atoms with van der Waals surface area (Å²) >= 11 is 0. The fraction of sp³-hybridized carbons (Fsp3) is 0.647. The quantitative estimate of drug-likeness (QED) is 0.902. The second-order valence-electron chi connectivity index (χ2n) is 6.55. The van der Waals surface area contributed by atoms with Crippen LogP contribution < -0.4 is 5.43 Å². The topological polar surface area (TPSA) is 15.3 Å². The van der Waals surface area contributed by atoms with Crippen molar-refractivity contribution in [2.24, 2.45) is 0 Å². The third kappa shape index (κ3) is 2.75. The van der Waals surface area contributed by atoms with Gasteiger partial charge in [0, 0.05) is 18.1 Å². The van der Waals surface area contributed by atoms with E-state index in [9.17, 15) is 4.39 Å². The van der Waals surface area contributed by atoms with Crippen LogP contribution in [0.1, 0.15) is 57.4 Å². The lowest BCUT2D eigenvalue weighted by molar-refractivity contribution is 0.0104. The third-order valence-corrected chi connectivity index (χ3v) is 5.01. The number of halogens is 1. The molecule has 0 aromatic heterocycles. The second kappa shape index (κ2) is 5.82. The first-order valence-corrected chi connectivity index (χ1v) is 7.94. The molecule has 2 atom stereocenters. The number of benzene rings is 1. The first-order valence-electron chi connectivity index (χ1n) is 7.94. The number of nitrogens with one attached hydrogen (secondary N) is 1. The molecule has 20 heavy (non-hydrogen) atoms. The van der Waals surface area contributed by atoms with Gasteiger partial charge in [0.15, 0.2) is 0 Å². The number of nitrogens with zero attached hydrogens (tertiary/aromatic N) is 1. The molecule has 1 aromatic rings. The van der Waals surface area contributed by atoms with Gasteiger partial charge in [0.25, 0.3) is 0 Å². The van der Waals surface area contributed by atoms with Crippen molar-refractivity contribution in [2.75, 3.05) is 0 Å². The van der Waals surface area contributed by atoms with Crippen LogP contribution in [-0.2, 0) is 0 Å². The van der Waals surface area contributed by atoms with Gasteiger partial charge in [-0.05, 0) is 57.1 Å². The van der Waals surface area contributed by atoms with Crippen LogP contribution in [0.5, 0.6) is 0 Å². The number of rotatable bonds is 3. The summed E-state index contributed by atoms with van der Waals surface area (Å²) in [7, 11) is 0. The summed E-state index contributed by atoms with van der Waals surface area (Å²) in [4.78, 5) is 0. The van der Waals surface area contributed by atoms with Gasteiger partial charge in [-0.2, -0.15) is 0 Å². The summed E-state index contributed by atoms with van der Waals surface area (Å²) in [5, 5.41) is 2.44. The van der Waals surface area contributed by atoms with Crippen molar-refractivity contribution in [3.05, 3.63) is 35.6 Å². The number of hydrogen-bond donors (Lipinski definition) is 1.